The van der Waals surface area contributed by atoms with Gasteiger partial charge in [0.05, 0.1) is 12.8 Å². The number of aliphatic imine (C=N–C) groups is 1. The van der Waals surface area contributed by atoms with Crippen LogP contribution in [0.3, 0.4) is 0 Å². The summed E-state index contributed by atoms with van der Waals surface area (Å²) in [6, 6.07) is 12.9. The smallest absolute Gasteiger partial charge is 0.162 e. The molecule has 182 valence electrons. The van der Waals surface area contributed by atoms with Gasteiger partial charge < -0.3 is 19.4 Å². The molecule has 0 radical (unpaired) electrons. The Morgan fingerprint density at radius 1 is 0.882 bits per heavy atom. The van der Waals surface area contributed by atoms with Crippen LogP contribution in [-0.2, 0) is 12.1 Å². The fourth-order valence-corrected chi connectivity index (χ4v) is 5.63. The van der Waals surface area contributed by atoms with E-state index in [1.807, 2.05) is 12.3 Å². The molecule has 0 saturated carbocycles. The molecule has 1 aromatic heterocycles. The number of ether oxygens (including phenoxy) is 1. The van der Waals surface area contributed by atoms with E-state index in [4.69, 9.17) is 14.7 Å². The third kappa shape index (κ3) is 4.32. The van der Waals surface area contributed by atoms with E-state index in [1.165, 1.54) is 11.1 Å². The van der Waals surface area contributed by atoms with Crippen LogP contribution in [-0.4, -0.2) is 103 Å². The van der Waals surface area contributed by atoms with Crippen molar-refractivity contribution in [3.05, 3.63) is 59.4 Å². The number of hydrogen-bond acceptors (Lipinski definition) is 7. The highest BCUT2D eigenvalue weighted by molar-refractivity contribution is 6.01. The number of rotatable bonds is 5. The van der Waals surface area contributed by atoms with Gasteiger partial charge in [-0.2, -0.15) is 0 Å². The van der Waals surface area contributed by atoms with E-state index < -0.39 is 5.66 Å². The first-order chi connectivity index (χ1) is 16.7. The summed E-state index contributed by atoms with van der Waals surface area (Å²) in [6.45, 7) is 15.0. The van der Waals surface area contributed by atoms with Crippen LogP contribution in [0.4, 0.5) is 0 Å². The number of pyridine rings is 1. The number of amidine groups is 1. The minimum absolute atomic E-state index is 0.528. The van der Waals surface area contributed by atoms with E-state index in [2.05, 4.69) is 63.8 Å². The highest BCUT2D eigenvalue weighted by Gasteiger charge is 2.45. The lowest BCUT2D eigenvalue weighted by atomic mass is 9.87. The van der Waals surface area contributed by atoms with E-state index in [0.717, 1.165) is 89.1 Å². The summed E-state index contributed by atoms with van der Waals surface area (Å²) in [7, 11) is 1.73. The van der Waals surface area contributed by atoms with E-state index in [9.17, 15) is 0 Å². The topological polar surface area (TPSA) is 47.4 Å². The first kappa shape index (κ1) is 23.3. The normalized spacial score (nSPS) is 24.6. The summed E-state index contributed by atoms with van der Waals surface area (Å²) in [6.07, 6.45) is 2.70. The van der Waals surface area contributed by atoms with Crippen LogP contribution >= 0.6 is 0 Å². The Balaban J connectivity index is 1.61. The predicted molar refractivity (Wildman–Crippen MR) is 137 cm³/mol. The summed E-state index contributed by atoms with van der Waals surface area (Å²) in [5.74, 6) is 1.96. The number of nitrogens with zero attached hydrogens (tertiary/aromatic N) is 6. The largest absolute Gasteiger partial charge is 0.497 e. The van der Waals surface area contributed by atoms with E-state index >= 15 is 0 Å². The molecule has 0 N–H and O–H groups in total. The van der Waals surface area contributed by atoms with Crippen molar-refractivity contribution in [2.24, 2.45) is 4.99 Å². The van der Waals surface area contributed by atoms with Crippen LogP contribution in [0, 0.1) is 0 Å². The van der Waals surface area contributed by atoms with E-state index in [0.29, 0.717) is 0 Å². The summed E-state index contributed by atoms with van der Waals surface area (Å²) >= 11 is 0. The molecule has 1 unspecified atom stereocenters. The summed E-state index contributed by atoms with van der Waals surface area (Å²) in [4.78, 5) is 20.7. The average Bonchev–Trinajstić information content (AvgIpc) is 2.92. The van der Waals surface area contributed by atoms with Crippen molar-refractivity contribution in [2.75, 3.05) is 72.6 Å². The van der Waals surface area contributed by atoms with Gasteiger partial charge in [0.15, 0.2) is 5.66 Å². The molecule has 34 heavy (non-hydrogen) atoms. The maximum absolute atomic E-state index is 5.66. The van der Waals surface area contributed by atoms with Gasteiger partial charge >= 0.3 is 0 Å². The molecular formula is C27H38N6O. The second-order valence-corrected chi connectivity index (χ2v) is 9.51. The van der Waals surface area contributed by atoms with Crippen molar-refractivity contribution in [3.63, 3.8) is 0 Å². The van der Waals surface area contributed by atoms with Crippen molar-refractivity contribution < 1.29 is 4.74 Å². The zero-order valence-electron chi connectivity index (χ0n) is 20.9. The van der Waals surface area contributed by atoms with Crippen LogP contribution < -0.4 is 4.74 Å². The Kier molecular flexibility index (Phi) is 6.86. The Morgan fingerprint density at radius 3 is 2.24 bits per heavy atom. The molecule has 1 atom stereocenters. The summed E-state index contributed by atoms with van der Waals surface area (Å²) < 4.78 is 5.62. The maximum Gasteiger partial charge on any atom is 0.162 e. The van der Waals surface area contributed by atoms with Gasteiger partial charge in [0.1, 0.15) is 11.6 Å². The highest BCUT2D eigenvalue weighted by Crippen LogP contribution is 2.40. The number of methoxy groups -OCH3 is 1. The highest BCUT2D eigenvalue weighted by atomic mass is 16.5. The zero-order chi connectivity index (χ0) is 23.5. The molecule has 0 aliphatic carbocycles. The minimum atomic E-state index is -0.528. The monoisotopic (exact) mass is 462 g/mol. The Bertz CT molecular complexity index is 1010. The molecule has 2 fully saturated rings. The fraction of sp³-hybridized carbons (Fsp3) is 0.556. The van der Waals surface area contributed by atoms with Gasteiger partial charge in [-0.25, -0.2) is 4.99 Å². The quantitative estimate of drug-likeness (QED) is 0.681. The van der Waals surface area contributed by atoms with Crippen molar-refractivity contribution >= 4 is 5.84 Å². The molecule has 1 aromatic carbocycles. The Morgan fingerprint density at radius 2 is 1.56 bits per heavy atom. The number of hydrogen-bond donors (Lipinski definition) is 0. The SMILES string of the molecule is CCN1CCN(C2=NC(c3cc(OC)ccn3)(N3CCN(CC)CC3)Cc3ccccc32)CC1. The summed E-state index contributed by atoms with van der Waals surface area (Å²) in [5, 5.41) is 0. The number of likely N-dealkylation sites (N-methyl/N-ethyl adjacent to an activating group) is 2. The van der Waals surface area contributed by atoms with Gasteiger partial charge in [0.2, 0.25) is 0 Å². The Hall–Kier alpha value is -2.48. The molecule has 2 saturated heterocycles. The van der Waals surface area contributed by atoms with Crippen molar-refractivity contribution in [1.29, 1.82) is 0 Å². The molecule has 7 heteroatoms. The van der Waals surface area contributed by atoms with Gasteiger partial charge in [-0.15, -0.1) is 0 Å². The van der Waals surface area contributed by atoms with E-state index in [-0.39, 0.29) is 0 Å². The molecule has 3 aliphatic heterocycles. The fourth-order valence-electron chi connectivity index (χ4n) is 5.63. The first-order valence-corrected chi connectivity index (χ1v) is 12.8. The third-order valence-electron chi connectivity index (χ3n) is 7.83. The van der Waals surface area contributed by atoms with Gasteiger partial charge in [0.25, 0.3) is 0 Å². The second-order valence-electron chi connectivity index (χ2n) is 9.51. The Labute approximate surface area is 204 Å². The molecule has 5 rings (SSSR count). The van der Waals surface area contributed by atoms with Crippen LogP contribution in [0.15, 0.2) is 47.6 Å². The van der Waals surface area contributed by atoms with Gasteiger partial charge in [-0.1, -0.05) is 38.1 Å². The van der Waals surface area contributed by atoms with Gasteiger partial charge in [0, 0.05) is 76.6 Å². The molecule has 7 nitrogen and oxygen atoms in total. The van der Waals surface area contributed by atoms with E-state index in [1.54, 1.807) is 7.11 Å². The third-order valence-corrected chi connectivity index (χ3v) is 7.83. The standard InChI is InChI=1S/C27H38N6O/c1-4-30-12-16-32(17-13-30)26-24-9-7-6-8-22(24)21-27(29-26,25-20-23(34-3)10-11-28-25)33-18-14-31(5-2)15-19-33/h6-11,20H,4-5,12-19,21H2,1-3H3. The molecule has 0 spiro atoms. The maximum atomic E-state index is 5.66. The predicted octanol–water partition coefficient (Wildman–Crippen LogP) is 2.52. The lowest BCUT2D eigenvalue weighted by Gasteiger charge is -2.48. The molecule has 0 amide bonds. The molecular weight excluding hydrogens is 424 g/mol. The molecule has 0 bridgehead atoms. The molecule has 2 aromatic rings. The molecule has 4 heterocycles. The first-order valence-electron chi connectivity index (χ1n) is 12.8. The minimum Gasteiger partial charge on any atom is -0.497 e. The van der Waals surface area contributed by atoms with Crippen LogP contribution in [0.5, 0.6) is 5.75 Å². The van der Waals surface area contributed by atoms with Crippen molar-refractivity contribution in [1.82, 2.24) is 24.6 Å². The van der Waals surface area contributed by atoms with Crippen LogP contribution in [0.2, 0.25) is 0 Å². The second kappa shape index (κ2) is 10.0. The summed E-state index contributed by atoms with van der Waals surface area (Å²) in [5.41, 5.74) is 3.09. The van der Waals surface area contributed by atoms with Crippen molar-refractivity contribution in [3.8, 4) is 5.75 Å². The average molecular weight is 463 g/mol. The number of benzene rings is 1. The van der Waals surface area contributed by atoms with Crippen LogP contribution in [0.25, 0.3) is 0 Å². The van der Waals surface area contributed by atoms with Crippen LogP contribution in [0.1, 0.15) is 30.7 Å². The zero-order valence-corrected chi connectivity index (χ0v) is 20.9. The number of aromatic nitrogens is 1. The molecule has 3 aliphatic rings. The number of fused-ring (bicyclic) bond motifs is 1. The number of piperazine rings is 2. The van der Waals surface area contributed by atoms with Gasteiger partial charge in [-0.05, 0) is 24.7 Å². The van der Waals surface area contributed by atoms with Gasteiger partial charge in [-0.3, -0.25) is 9.88 Å². The lowest BCUT2D eigenvalue weighted by Crippen LogP contribution is -2.58. The van der Waals surface area contributed by atoms with Crippen molar-refractivity contribution in [2.45, 2.75) is 25.9 Å². The lowest BCUT2D eigenvalue weighted by molar-refractivity contribution is 0.0301.